The lowest BCUT2D eigenvalue weighted by Gasteiger charge is -2.25. The van der Waals surface area contributed by atoms with E-state index in [1.54, 1.807) is 42.5 Å². The lowest BCUT2D eigenvalue weighted by molar-refractivity contribution is -0.120. The van der Waals surface area contributed by atoms with E-state index in [-0.39, 0.29) is 23.4 Å². The highest BCUT2D eigenvalue weighted by Gasteiger charge is 2.27. The summed E-state index contributed by atoms with van der Waals surface area (Å²) in [6, 6.07) is 14.7. The first-order valence-electron chi connectivity index (χ1n) is 8.89. The topological polar surface area (TPSA) is 75.7 Å². The maximum Gasteiger partial charge on any atom is 0.264 e. The second kappa shape index (κ2) is 9.41. The molecule has 27 heavy (non-hydrogen) atoms. The van der Waals surface area contributed by atoms with Gasteiger partial charge in [-0.2, -0.15) is 0 Å². The Morgan fingerprint density at radius 2 is 1.74 bits per heavy atom. The van der Waals surface area contributed by atoms with E-state index >= 15 is 0 Å². The average molecular weight is 391 g/mol. The Kier molecular flexibility index (Phi) is 7.24. The second-order valence-corrected chi connectivity index (χ2v) is 8.14. The van der Waals surface area contributed by atoms with E-state index in [1.807, 2.05) is 13.8 Å². The molecule has 1 amide bonds. The first-order valence-corrected chi connectivity index (χ1v) is 10.3. The highest BCUT2D eigenvalue weighted by Crippen LogP contribution is 2.25. The molecule has 0 bridgehead atoms. The number of methoxy groups -OCH3 is 1. The van der Waals surface area contributed by atoms with E-state index in [0.29, 0.717) is 11.4 Å². The van der Waals surface area contributed by atoms with Crippen molar-refractivity contribution in [2.24, 2.45) is 0 Å². The number of rotatable bonds is 9. The predicted octanol–water partition coefficient (Wildman–Crippen LogP) is 3.20. The van der Waals surface area contributed by atoms with E-state index in [9.17, 15) is 13.2 Å². The van der Waals surface area contributed by atoms with Crippen LogP contribution in [0.2, 0.25) is 0 Å². The molecular weight excluding hydrogens is 364 g/mol. The van der Waals surface area contributed by atoms with Crippen molar-refractivity contribution in [2.45, 2.75) is 37.6 Å². The molecule has 0 aliphatic heterocycles. The molecule has 7 heteroatoms. The molecule has 1 N–H and O–H groups in total. The van der Waals surface area contributed by atoms with E-state index in [4.69, 9.17) is 4.74 Å². The minimum absolute atomic E-state index is 0.0142. The Bertz CT molecular complexity index is 836. The molecular formula is C20H26N2O4S. The fourth-order valence-corrected chi connectivity index (χ4v) is 4.18. The van der Waals surface area contributed by atoms with Gasteiger partial charge in [0, 0.05) is 6.04 Å². The number of amides is 1. The average Bonchev–Trinajstić information content (AvgIpc) is 2.67. The third-order valence-corrected chi connectivity index (χ3v) is 5.90. The normalized spacial score (nSPS) is 12.3. The molecule has 0 aliphatic rings. The Morgan fingerprint density at radius 3 is 2.30 bits per heavy atom. The van der Waals surface area contributed by atoms with Gasteiger partial charge in [0.05, 0.1) is 17.7 Å². The third-order valence-electron chi connectivity index (χ3n) is 4.11. The number of benzene rings is 2. The van der Waals surface area contributed by atoms with Crippen LogP contribution in [0, 0.1) is 0 Å². The largest absolute Gasteiger partial charge is 0.497 e. The summed E-state index contributed by atoms with van der Waals surface area (Å²) >= 11 is 0. The Morgan fingerprint density at radius 1 is 1.11 bits per heavy atom. The molecule has 0 aromatic heterocycles. The minimum atomic E-state index is -3.89. The molecule has 0 saturated carbocycles. The summed E-state index contributed by atoms with van der Waals surface area (Å²) in [5.41, 5.74) is 0.401. The molecule has 0 heterocycles. The summed E-state index contributed by atoms with van der Waals surface area (Å²) in [4.78, 5) is 12.6. The van der Waals surface area contributed by atoms with Crippen molar-refractivity contribution in [3.8, 4) is 5.75 Å². The second-order valence-electron chi connectivity index (χ2n) is 6.28. The first kappa shape index (κ1) is 20.8. The molecule has 2 aromatic carbocycles. The number of sulfonamides is 1. The lowest BCUT2D eigenvalue weighted by atomic mass is 10.2. The van der Waals surface area contributed by atoms with Crippen molar-refractivity contribution in [2.75, 3.05) is 18.0 Å². The van der Waals surface area contributed by atoms with Gasteiger partial charge in [0.1, 0.15) is 12.3 Å². The summed E-state index contributed by atoms with van der Waals surface area (Å²) in [6.07, 6.45) is 1.77. The maximum atomic E-state index is 13.1. The molecule has 0 aliphatic carbocycles. The van der Waals surface area contributed by atoms with Gasteiger partial charge in [-0.3, -0.25) is 9.10 Å². The molecule has 146 valence electrons. The molecule has 1 atom stereocenters. The first-order chi connectivity index (χ1) is 12.9. The van der Waals surface area contributed by atoms with Crippen molar-refractivity contribution in [3.05, 3.63) is 54.6 Å². The fourth-order valence-electron chi connectivity index (χ4n) is 2.74. The summed E-state index contributed by atoms with van der Waals surface area (Å²) in [5.74, 6) is 0.267. The van der Waals surface area contributed by atoms with Gasteiger partial charge in [-0.05, 0) is 49.7 Å². The van der Waals surface area contributed by atoms with Crippen molar-refractivity contribution >= 4 is 21.6 Å². The molecule has 0 spiro atoms. The molecule has 0 saturated heterocycles. The Balaban J connectivity index is 2.35. The number of anilines is 1. The van der Waals surface area contributed by atoms with Gasteiger partial charge >= 0.3 is 0 Å². The standard InChI is InChI=1S/C20H26N2O4S/c1-4-8-16(2)21-20(23)15-22(17-11-13-18(26-3)14-12-17)27(24,25)19-9-6-5-7-10-19/h5-7,9-14,16H,4,8,15H2,1-3H3,(H,21,23)/t16-/m0/s1. The molecule has 0 unspecified atom stereocenters. The number of carbonyl (C=O) groups is 1. The zero-order valence-corrected chi connectivity index (χ0v) is 16.7. The van der Waals surface area contributed by atoms with Crippen molar-refractivity contribution in [1.82, 2.24) is 5.32 Å². The highest BCUT2D eigenvalue weighted by atomic mass is 32.2. The van der Waals surface area contributed by atoms with Crippen LogP contribution in [-0.2, 0) is 14.8 Å². The molecule has 0 radical (unpaired) electrons. The Labute approximate surface area is 161 Å². The summed E-state index contributed by atoms with van der Waals surface area (Å²) in [7, 11) is -2.35. The summed E-state index contributed by atoms with van der Waals surface area (Å²) in [6.45, 7) is 3.65. The van der Waals surface area contributed by atoms with Crippen molar-refractivity contribution in [1.29, 1.82) is 0 Å². The van der Waals surface area contributed by atoms with Crippen LogP contribution in [0.15, 0.2) is 59.5 Å². The van der Waals surface area contributed by atoms with Gasteiger partial charge in [0.25, 0.3) is 10.0 Å². The highest BCUT2D eigenvalue weighted by molar-refractivity contribution is 7.92. The number of ether oxygens (including phenoxy) is 1. The van der Waals surface area contributed by atoms with Crippen LogP contribution in [0.4, 0.5) is 5.69 Å². The van der Waals surface area contributed by atoms with Gasteiger partial charge in [0.2, 0.25) is 5.91 Å². The smallest absolute Gasteiger partial charge is 0.264 e. The predicted molar refractivity (Wildman–Crippen MR) is 106 cm³/mol. The number of carbonyl (C=O) groups excluding carboxylic acids is 1. The molecule has 2 aromatic rings. The van der Waals surface area contributed by atoms with E-state index in [0.717, 1.165) is 17.1 Å². The van der Waals surface area contributed by atoms with E-state index in [1.165, 1.54) is 19.2 Å². The van der Waals surface area contributed by atoms with Gasteiger partial charge in [-0.1, -0.05) is 31.5 Å². The van der Waals surface area contributed by atoms with Crippen LogP contribution in [-0.4, -0.2) is 34.0 Å². The van der Waals surface area contributed by atoms with Crippen LogP contribution in [0.1, 0.15) is 26.7 Å². The van der Waals surface area contributed by atoms with Crippen LogP contribution in [0.5, 0.6) is 5.75 Å². The zero-order valence-electron chi connectivity index (χ0n) is 15.9. The van der Waals surface area contributed by atoms with Crippen molar-refractivity contribution < 1.29 is 17.9 Å². The monoisotopic (exact) mass is 390 g/mol. The minimum Gasteiger partial charge on any atom is -0.497 e. The maximum absolute atomic E-state index is 13.1. The van der Waals surface area contributed by atoms with Gasteiger partial charge in [-0.15, -0.1) is 0 Å². The molecule has 0 fully saturated rings. The lowest BCUT2D eigenvalue weighted by Crippen LogP contribution is -2.43. The van der Waals surface area contributed by atoms with Gasteiger partial charge < -0.3 is 10.1 Å². The molecule has 2 rings (SSSR count). The summed E-state index contributed by atoms with van der Waals surface area (Å²) < 4.78 is 32.6. The zero-order chi connectivity index (χ0) is 19.9. The SMILES string of the molecule is CCC[C@H](C)NC(=O)CN(c1ccc(OC)cc1)S(=O)(=O)c1ccccc1. The molecule has 6 nitrogen and oxygen atoms in total. The third kappa shape index (κ3) is 5.47. The fraction of sp³-hybridized carbons (Fsp3) is 0.350. The number of nitrogens with one attached hydrogen (secondary N) is 1. The quantitative estimate of drug-likeness (QED) is 0.713. The van der Waals surface area contributed by atoms with Gasteiger partial charge in [0.15, 0.2) is 0 Å². The van der Waals surface area contributed by atoms with Crippen LogP contribution < -0.4 is 14.4 Å². The Hall–Kier alpha value is -2.54. The van der Waals surface area contributed by atoms with Gasteiger partial charge in [-0.25, -0.2) is 8.42 Å². The van der Waals surface area contributed by atoms with E-state index in [2.05, 4.69) is 5.32 Å². The van der Waals surface area contributed by atoms with Crippen LogP contribution in [0.3, 0.4) is 0 Å². The van der Waals surface area contributed by atoms with E-state index < -0.39 is 10.0 Å². The van der Waals surface area contributed by atoms with Crippen LogP contribution in [0.25, 0.3) is 0 Å². The van der Waals surface area contributed by atoms with Crippen LogP contribution >= 0.6 is 0 Å². The number of nitrogens with zero attached hydrogens (tertiary/aromatic N) is 1. The summed E-state index contributed by atoms with van der Waals surface area (Å²) in [5, 5.41) is 2.86. The van der Waals surface area contributed by atoms with Crippen molar-refractivity contribution in [3.63, 3.8) is 0 Å². The number of hydrogen-bond donors (Lipinski definition) is 1. The number of hydrogen-bond acceptors (Lipinski definition) is 4.